The number of nitrogens with one attached hydrogen (secondary N) is 1. The van der Waals surface area contributed by atoms with Crippen molar-refractivity contribution in [2.24, 2.45) is 5.92 Å². The van der Waals surface area contributed by atoms with Gasteiger partial charge in [-0.3, -0.25) is 4.79 Å². The summed E-state index contributed by atoms with van der Waals surface area (Å²) < 4.78 is 32.5. The average molecular weight is 455 g/mol. The van der Waals surface area contributed by atoms with E-state index in [0.717, 1.165) is 23.7 Å². The second-order valence-corrected chi connectivity index (χ2v) is 10.2. The van der Waals surface area contributed by atoms with Crippen molar-refractivity contribution in [1.82, 2.24) is 9.29 Å². The van der Waals surface area contributed by atoms with Crippen molar-refractivity contribution < 1.29 is 22.7 Å². The summed E-state index contributed by atoms with van der Waals surface area (Å²) in [5.41, 5.74) is 1.47. The van der Waals surface area contributed by atoms with Crippen LogP contribution in [-0.2, 0) is 14.8 Å². The van der Waals surface area contributed by atoms with Gasteiger partial charge in [0.1, 0.15) is 0 Å². The minimum atomic E-state index is -3.59. The molecule has 32 heavy (non-hydrogen) atoms. The number of nitrogens with zero attached hydrogens (tertiary/aromatic N) is 1. The van der Waals surface area contributed by atoms with E-state index < -0.39 is 22.1 Å². The number of aromatic amines is 1. The molecule has 0 spiro atoms. The van der Waals surface area contributed by atoms with E-state index >= 15 is 0 Å². The third kappa shape index (κ3) is 4.33. The summed E-state index contributed by atoms with van der Waals surface area (Å²) >= 11 is 0. The van der Waals surface area contributed by atoms with Crippen LogP contribution in [0, 0.1) is 5.92 Å². The first kappa shape index (κ1) is 22.2. The Bertz CT molecular complexity index is 1240. The van der Waals surface area contributed by atoms with Crippen LogP contribution in [0.3, 0.4) is 0 Å². The van der Waals surface area contributed by atoms with Gasteiger partial charge < -0.3 is 9.72 Å². The number of fused-ring (bicyclic) bond motifs is 1. The lowest BCUT2D eigenvalue weighted by Crippen LogP contribution is -2.37. The van der Waals surface area contributed by atoms with Crippen LogP contribution in [0.1, 0.15) is 47.4 Å². The average Bonchev–Trinajstić information content (AvgIpc) is 3.23. The lowest BCUT2D eigenvalue weighted by atomic mass is 10.0. The van der Waals surface area contributed by atoms with Gasteiger partial charge in [-0.05, 0) is 56.0 Å². The maximum atomic E-state index is 12.8. The Kier molecular flexibility index (Phi) is 6.17. The molecule has 2 aromatic carbocycles. The molecule has 1 fully saturated rings. The first-order valence-corrected chi connectivity index (χ1v) is 12.1. The Hall–Kier alpha value is -2.97. The van der Waals surface area contributed by atoms with Crippen LogP contribution in [0.15, 0.2) is 59.6 Å². The fourth-order valence-corrected chi connectivity index (χ4v) is 5.38. The number of sulfonamides is 1. The number of ketones is 1. The molecule has 1 aromatic heterocycles. The first-order chi connectivity index (χ1) is 15.3. The lowest BCUT2D eigenvalue weighted by Gasteiger charge is -2.29. The van der Waals surface area contributed by atoms with Crippen LogP contribution < -0.4 is 0 Å². The minimum absolute atomic E-state index is 0.145. The normalized spacial score (nSPS) is 16.7. The number of esters is 1. The highest BCUT2D eigenvalue weighted by Gasteiger charge is 2.28. The summed E-state index contributed by atoms with van der Waals surface area (Å²) in [5, 5.41) is 0.766. The van der Waals surface area contributed by atoms with Gasteiger partial charge in [-0.1, -0.05) is 25.1 Å². The third-order valence-corrected chi connectivity index (χ3v) is 7.89. The van der Waals surface area contributed by atoms with Crippen LogP contribution in [0.4, 0.5) is 0 Å². The van der Waals surface area contributed by atoms with Gasteiger partial charge in [0.05, 0.1) is 10.5 Å². The van der Waals surface area contributed by atoms with Gasteiger partial charge in [0, 0.05) is 35.8 Å². The van der Waals surface area contributed by atoms with Gasteiger partial charge in [-0.2, -0.15) is 4.31 Å². The van der Waals surface area contributed by atoms with Crippen LogP contribution in [0.25, 0.3) is 10.9 Å². The Morgan fingerprint density at radius 2 is 1.72 bits per heavy atom. The Labute approximate surface area is 187 Å². The zero-order chi connectivity index (χ0) is 22.9. The van der Waals surface area contributed by atoms with Crippen LogP contribution in [0.5, 0.6) is 0 Å². The molecule has 0 bridgehead atoms. The van der Waals surface area contributed by atoms with E-state index in [4.69, 9.17) is 4.74 Å². The summed E-state index contributed by atoms with van der Waals surface area (Å²) in [4.78, 5) is 28.5. The Balaban J connectivity index is 1.44. The van der Waals surface area contributed by atoms with Crippen molar-refractivity contribution in [3.8, 4) is 0 Å². The molecule has 168 valence electrons. The van der Waals surface area contributed by atoms with E-state index in [1.165, 1.54) is 35.5 Å². The van der Waals surface area contributed by atoms with Gasteiger partial charge in [0.25, 0.3) is 0 Å². The summed E-state index contributed by atoms with van der Waals surface area (Å²) in [5.74, 6) is -0.469. The molecule has 0 radical (unpaired) electrons. The molecule has 1 aliphatic rings. The van der Waals surface area contributed by atoms with E-state index in [1.807, 2.05) is 24.3 Å². The number of carbonyl (C=O) groups excluding carboxylic acids is 2. The third-order valence-electron chi connectivity index (χ3n) is 5.98. The van der Waals surface area contributed by atoms with E-state index in [1.54, 1.807) is 6.20 Å². The molecule has 1 aliphatic heterocycles. The summed E-state index contributed by atoms with van der Waals surface area (Å²) in [6.07, 6.45) is 2.30. The number of benzene rings is 2. The maximum absolute atomic E-state index is 12.8. The van der Waals surface area contributed by atoms with Crippen molar-refractivity contribution in [3.63, 3.8) is 0 Å². The molecule has 0 saturated carbocycles. The summed E-state index contributed by atoms with van der Waals surface area (Å²) in [7, 11) is -3.59. The molecule has 4 rings (SSSR count). The zero-order valence-electron chi connectivity index (χ0n) is 18.1. The largest absolute Gasteiger partial charge is 0.451 e. The molecular formula is C24H26N2O5S. The second-order valence-electron chi connectivity index (χ2n) is 8.27. The predicted molar refractivity (Wildman–Crippen MR) is 121 cm³/mol. The number of Topliss-reactive ketones (excluding diaryl/α,β-unsaturated/α-hetero) is 1. The smallest absolute Gasteiger partial charge is 0.338 e. The molecule has 8 heteroatoms. The van der Waals surface area contributed by atoms with Crippen LogP contribution in [0.2, 0.25) is 0 Å². The van der Waals surface area contributed by atoms with E-state index in [-0.39, 0.29) is 16.2 Å². The highest BCUT2D eigenvalue weighted by Crippen LogP contribution is 2.24. The van der Waals surface area contributed by atoms with Crippen molar-refractivity contribution in [1.29, 1.82) is 0 Å². The highest BCUT2D eigenvalue weighted by atomic mass is 32.2. The number of ether oxygens (including phenoxy) is 1. The quantitative estimate of drug-likeness (QED) is 0.448. The van der Waals surface area contributed by atoms with Crippen molar-refractivity contribution in [2.75, 3.05) is 13.1 Å². The maximum Gasteiger partial charge on any atom is 0.338 e. The molecule has 7 nitrogen and oxygen atoms in total. The number of hydrogen-bond donors (Lipinski definition) is 1. The highest BCUT2D eigenvalue weighted by molar-refractivity contribution is 7.89. The van der Waals surface area contributed by atoms with Crippen LogP contribution in [-0.4, -0.2) is 48.7 Å². The monoisotopic (exact) mass is 454 g/mol. The van der Waals surface area contributed by atoms with Gasteiger partial charge >= 0.3 is 5.97 Å². The fraction of sp³-hybridized carbons (Fsp3) is 0.333. The number of rotatable bonds is 6. The summed E-state index contributed by atoms with van der Waals surface area (Å²) in [6, 6.07) is 13.1. The van der Waals surface area contributed by atoms with Crippen LogP contribution >= 0.6 is 0 Å². The number of hydrogen-bond acceptors (Lipinski definition) is 5. The second kappa shape index (κ2) is 8.88. The predicted octanol–water partition coefficient (Wildman–Crippen LogP) is 4.02. The van der Waals surface area contributed by atoms with E-state index in [9.17, 15) is 18.0 Å². The molecule has 3 aromatic rings. The number of carbonyl (C=O) groups is 2. The van der Waals surface area contributed by atoms with E-state index in [2.05, 4.69) is 11.9 Å². The zero-order valence-corrected chi connectivity index (χ0v) is 18.9. The van der Waals surface area contributed by atoms with Crippen molar-refractivity contribution in [3.05, 3.63) is 65.9 Å². The number of H-pyrrole nitrogens is 1. The van der Waals surface area contributed by atoms with E-state index in [0.29, 0.717) is 24.6 Å². The van der Waals surface area contributed by atoms with Crippen molar-refractivity contribution in [2.45, 2.75) is 37.7 Å². The SMILES string of the molecule is CC1CCN(S(=O)(=O)c2ccc(C(=O)OC(C)C(=O)c3c[nH]c4ccccc34)cc2)CC1. The standard InChI is InChI=1S/C24H26N2O5S/c1-16-11-13-26(14-12-16)32(29,30)19-9-7-18(8-10-19)24(28)31-17(2)23(27)21-15-25-22-6-4-3-5-20(21)22/h3-10,15-17,25H,11-14H2,1-2H3. The number of aromatic nitrogens is 1. The molecule has 0 aliphatic carbocycles. The molecular weight excluding hydrogens is 428 g/mol. The molecule has 1 unspecified atom stereocenters. The fourth-order valence-electron chi connectivity index (χ4n) is 3.91. The molecule has 1 saturated heterocycles. The number of piperidine rings is 1. The van der Waals surface area contributed by atoms with Gasteiger partial charge in [0.2, 0.25) is 15.8 Å². The Morgan fingerprint density at radius 1 is 1.06 bits per heavy atom. The number of para-hydroxylation sites is 1. The molecule has 2 heterocycles. The topological polar surface area (TPSA) is 96.5 Å². The van der Waals surface area contributed by atoms with Gasteiger partial charge in [-0.25, -0.2) is 13.2 Å². The summed E-state index contributed by atoms with van der Waals surface area (Å²) in [6.45, 7) is 4.65. The minimum Gasteiger partial charge on any atom is -0.451 e. The Morgan fingerprint density at radius 3 is 2.41 bits per heavy atom. The van der Waals surface area contributed by atoms with Gasteiger partial charge in [0.15, 0.2) is 6.10 Å². The van der Waals surface area contributed by atoms with Gasteiger partial charge in [-0.15, -0.1) is 0 Å². The lowest BCUT2D eigenvalue weighted by molar-refractivity contribution is 0.0319. The van der Waals surface area contributed by atoms with Crippen molar-refractivity contribution >= 4 is 32.7 Å². The molecule has 1 N–H and O–H groups in total. The first-order valence-electron chi connectivity index (χ1n) is 10.7. The molecule has 0 amide bonds. The molecule has 1 atom stereocenters.